The number of benzene rings is 1. The van der Waals surface area contributed by atoms with Gasteiger partial charge in [-0.15, -0.1) is 0 Å². The minimum Gasteiger partial charge on any atom is -0.442 e. The highest BCUT2D eigenvalue weighted by Crippen LogP contribution is 2.28. The lowest BCUT2D eigenvalue weighted by Gasteiger charge is -2.29. The van der Waals surface area contributed by atoms with Gasteiger partial charge in [-0.1, -0.05) is 6.07 Å². The van der Waals surface area contributed by atoms with Gasteiger partial charge in [0.05, 0.1) is 37.7 Å². The van der Waals surface area contributed by atoms with Crippen molar-refractivity contribution in [2.75, 3.05) is 49.2 Å². The maximum absolute atomic E-state index is 14.7. The summed E-state index contributed by atoms with van der Waals surface area (Å²) < 4.78 is 25.8. The van der Waals surface area contributed by atoms with E-state index in [1.807, 2.05) is 4.90 Å². The third kappa shape index (κ3) is 4.54. The smallest absolute Gasteiger partial charge is 0.414 e. The number of rotatable bonds is 5. The fourth-order valence-electron chi connectivity index (χ4n) is 3.39. The highest BCUT2D eigenvalue weighted by Gasteiger charge is 2.33. The van der Waals surface area contributed by atoms with Gasteiger partial charge in [0.2, 0.25) is 0 Å². The first-order valence-corrected chi connectivity index (χ1v) is 10.3. The monoisotopic (exact) mass is 478 g/mol. The van der Waals surface area contributed by atoms with Gasteiger partial charge in [-0.25, -0.2) is 14.2 Å². The number of morpholine rings is 1. The molecule has 1 atom stereocenters. The first-order chi connectivity index (χ1) is 14.5. The van der Waals surface area contributed by atoms with Crippen molar-refractivity contribution in [3.63, 3.8) is 0 Å². The second-order valence-corrected chi connectivity index (χ2v) is 7.72. The van der Waals surface area contributed by atoms with E-state index < -0.39 is 18.0 Å². The molecule has 0 radical (unpaired) electrons. The van der Waals surface area contributed by atoms with Gasteiger partial charge in [0.25, 0.3) is 5.91 Å². The van der Waals surface area contributed by atoms with Gasteiger partial charge in [-0.3, -0.25) is 9.69 Å². The van der Waals surface area contributed by atoms with Crippen molar-refractivity contribution >= 4 is 39.3 Å². The topological polar surface area (TPSA) is 84.0 Å². The fourth-order valence-corrected chi connectivity index (χ4v) is 3.74. The number of nitrogens with one attached hydrogen (secondary N) is 1. The maximum Gasteiger partial charge on any atom is 0.414 e. The Hall–Kier alpha value is -2.72. The maximum atomic E-state index is 14.7. The molecule has 2 aliphatic rings. The quantitative estimate of drug-likeness (QED) is 0.664. The number of pyridine rings is 1. The van der Waals surface area contributed by atoms with E-state index in [1.54, 1.807) is 30.3 Å². The molecule has 2 fully saturated rings. The number of carbonyl (C=O) groups excluding carboxylic acids is 2. The Morgan fingerprint density at radius 1 is 1.27 bits per heavy atom. The zero-order valence-electron chi connectivity index (χ0n) is 16.0. The molecule has 1 aromatic heterocycles. The van der Waals surface area contributed by atoms with E-state index in [9.17, 15) is 14.0 Å². The Labute approximate surface area is 181 Å². The normalized spacial score (nSPS) is 19.0. The van der Waals surface area contributed by atoms with Gasteiger partial charge >= 0.3 is 6.09 Å². The lowest BCUT2D eigenvalue weighted by atomic mass is 10.2. The summed E-state index contributed by atoms with van der Waals surface area (Å²) in [6, 6.07) is 9.71. The molecule has 1 aromatic carbocycles. The summed E-state index contributed by atoms with van der Waals surface area (Å²) in [5, 5.41) is 2.71. The third-order valence-electron chi connectivity index (χ3n) is 4.91. The van der Waals surface area contributed by atoms with Crippen LogP contribution in [-0.4, -0.2) is 62.5 Å². The van der Waals surface area contributed by atoms with Crippen molar-refractivity contribution in [2.24, 2.45) is 0 Å². The number of anilines is 2. The molecular weight excluding hydrogens is 459 g/mol. The SMILES string of the molecule is O=C(NC[C@H]1CN(c2ccc(N3CCOCC3)c(F)c2)C(=O)O1)c1cccc(Br)n1. The number of cyclic esters (lactones) is 1. The van der Waals surface area contributed by atoms with Crippen LogP contribution in [-0.2, 0) is 9.47 Å². The summed E-state index contributed by atoms with van der Waals surface area (Å²) in [5.41, 5.74) is 1.16. The summed E-state index contributed by atoms with van der Waals surface area (Å²) in [7, 11) is 0. The number of carbonyl (C=O) groups is 2. The number of hydrogen-bond donors (Lipinski definition) is 1. The summed E-state index contributed by atoms with van der Waals surface area (Å²) in [5.74, 6) is -0.772. The molecule has 0 unspecified atom stereocenters. The van der Waals surface area contributed by atoms with Crippen LogP contribution in [0.3, 0.4) is 0 Å². The van der Waals surface area contributed by atoms with E-state index in [1.165, 1.54) is 11.0 Å². The van der Waals surface area contributed by atoms with Crippen LogP contribution in [0.2, 0.25) is 0 Å². The van der Waals surface area contributed by atoms with E-state index in [0.717, 1.165) is 0 Å². The molecule has 2 saturated heterocycles. The van der Waals surface area contributed by atoms with Crippen LogP contribution in [0.25, 0.3) is 0 Å². The van der Waals surface area contributed by atoms with Gasteiger partial charge in [0.1, 0.15) is 22.2 Å². The molecule has 158 valence electrons. The molecular formula is C20H20BrFN4O4. The standard InChI is InChI=1S/C20H20BrFN4O4/c21-18-3-1-2-16(24-18)19(27)23-11-14-12-26(20(28)30-14)13-4-5-17(15(22)10-13)25-6-8-29-9-7-25/h1-5,10,14H,6-9,11-12H2,(H,23,27)/t14-/m0/s1. The third-order valence-corrected chi connectivity index (χ3v) is 5.35. The largest absolute Gasteiger partial charge is 0.442 e. The molecule has 2 aromatic rings. The van der Waals surface area contributed by atoms with Crippen molar-refractivity contribution in [3.8, 4) is 0 Å². The summed E-state index contributed by atoms with van der Waals surface area (Å²) >= 11 is 3.22. The number of amides is 2. The van der Waals surface area contributed by atoms with Gasteiger partial charge in [0.15, 0.2) is 0 Å². The van der Waals surface area contributed by atoms with Gasteiger partial charge < -0.3 is 19.7 Å². The van der Waals surface area contributed by atoms with Crippen LogP contribution < -0.4 is 15.1 Å². The van der Waals surface area contributed by atoms with Crippen molar-refractivity contribution in [1.29, 1.82) is 0 Å². The number of aromatic nitrogens is 1. The predicted octanol–water partition coefficient (Wildman–Crippen LogP) is 2.58. The fraction of sp³-hybridized carbons (Fsp3) is 0.350. The van der Waals surface area contributed by atoms with Crippen molar-refractivity contribution in [1.82, 2.24) is 10.3 Å². The van der Waals surface area contributed by atoms with Gasteiger partial charge in [-0.2, -0.15) is 0 Å². The molecule has 2 amide bonds. The van der Waals surface area contributed by atoms with Crippen LogP contribution in [0.4, 0.5) is 20.6 Å². The van der Waals surface area contributed by atoms with Crippen molar-refractivity contribution in [2.45, 2.75) is 6.10 Å². The lowest BCUT2D eigenvalue weighted by molar-refractivity contribution is 0.0911. The molecule has 10 heteroatoms. The minimum atomic E-state index is -0.576. The van der Waals surface area contributed by atoms with Crippen LogP contribution in [0.1, 0.15) is 10.5 Å². The lowest BCUT2D eigenvalue weighted by Crippen LogP contribution is -2.37. The molecule has 3 heterocycles. The van der Waals surface area contributed by atoms with E-state index in [-0.39, 0.29) is 24.7 Å². The average molecular weight is 479 g/mol. The zero-order chi connectivity index (χ0) is 21.1. The number of nitrogens with zero attached hydrogens (tertiary/aromatic N) is 3. The molecule has 8 nitrogen and oxygen atoms in total. The summed E-state index contributed by atoms with van der Waals surface area (Å²) in [6.45, 7) is 2.70. The van der Waals surface area contributed by atoms with E-state index >= 15 is 0 Å². The molecule has 0 spiro atoms. The van der Waals surface area contributed by atoms with Gasteiger partial charge in [-0.05, 0) is 46.3 Å². The average Bonchev–Trinajstić information content (AvgIpc) is 3.13. The Morgan fingerprint density at radius 3 is 2.80 bits per heavy atom. The molecule has 0 bridgehead atoms. The van der Waals surface area contributed by atoms with Gasteiger partial charge in [0, 0.05) is 13.1 Å². The van der Waals surface area contributed by atoms with E-state index in [2.05, 4.69) is 26.2 Å². The molecule has 1 N–H and O–H groups in total. The highest BCUT2D eigenvalue weighted by atomic mass is 79.9. The Morgan fingerprint density at radius 2 is 2.07 bits per heavy atom. The van der Waals surface area contributed by atoms with Crippen molar-refractivity contribution < 1.29 is 23.5 Å². The Balaban J connectivity index is 1.37. The molecule has 30 heavy (non-hydrogen) atoms. The molecule has 0 saturated carbocycles. The number of ether oxygens (including phenoxy) is 2. The number of hydrogen-bond acceptors (Lipinski definition) is 6. The Kier molecular flexibility index (Phi) is 6.14. The summed E-state index contributed by atoms with van der Waals surface area (Å²) in [6.07, 6.45) is -1.12. The first-order valence-electron chi connectivity index (χ1n) is 9.52. The van der Waals surface area contributed by atoms with Crippen molar-refractivity contribution in [3.05, 3.63) is 52.5 Å². The molecule has 0 aliphatic carbocycles. The van der Waals surface area contributed by atoms with E-state index in [0.29, 0.717) is 42.3 Å². The molecule has 4 rings (SSSR count). The molecule has 2 aliphatic heterocycles. The highest BCUT2D eigenvalue weighted by molar-refractivity contribution is 9.10. The Bertz CT molecular complexity index is 954. The second-order valence-electron chi connectivity index (χ2n) is 6.91. The first kappa shape index (κ1) is 20.5. The minimum absolute atomic E-state index is 0.129. The number of halogens is 2. The van der Waals surface area contributed by atoms with Crippen LogP contribution in [0.5, 0.6) is 0 Å². The van der Waals surface area contributed by atoms with Crippen LogP contribution in [0, 0.1) is 5.82 Å². The van der Waals surface area contributed by atoms with Crippen LogP contribution >= 0.6 is 15.9 Å². The second kappa shape index (κ2) is 8.97. The van der Waals surface area contributed by atoms with E-state index in [4.69, 9.17) is 9.47 Å². The zero-order valence-corrected chi connectivity index (χ0v) is 17.6. The summed E-state index contributed by atoms with van der Waals surface area (Å²) in [4.78, 5) is 31.8. The predicted molar refractivity (Wildman–Crippen MR) is 111 cm³/mol. The van der Waals surface area contributed by atoms with Crippen LogP contribution in [0.15, 0.2) is 41.0 Å².